The fourth-order valence-corrected chi connectivity index (χ4v) is 2.06. The molecule has 11 heavy (non-hydrogen) atoms. The Kier molecular flexibility index (Phi) is 1.65. The second-order valence-corrected chi connectivity index (χ2v) is 5.47. The molecule has 1 nitrogen and oxygen atoms in total. The van der Waals surface area contributed by atoms with Gasteiger partial charge in [-0.05, 0) is 30.6 Å². The van der Waals surface area contributed by atoms with Crippen LogP contribution in [0.1, 0.15) is 47.5 Å². The molecule has 0 radical (unpaired) electrons. The smallest absolute Gasteiger partial charge is 0.0229 e. The average molecular weight is 155 g/mol. The molecule has 0 saturated heterocycles. The summed E-state index contributed by atoms with van der Waals surface area (Å²) in [5.41, 5.74) is 6.92. The highest BCUT2D eigenvalue weighted by Crippen LogP contribution is 2.54. The summed E-state index contributed by atoms with van der Waals surface area (Å²) in [6, 6.07) is 0. The number of hydrogen-bond acceptors (Lipinski definition) is 1. The summed E-state index contributed by atoms with van der Waals surface area (Å²) in [5, 5.41) is 0. The van der Waals surface area contributed by atoms with Crippen molar-refractivity contribution >= 4 is 0 Å². The number of rotatable bonds is 0. The van der Waals surface area contributed by atoms with Crippen molar-refractivity contribution in [2.45, 2.75) is 53.0 Å². The van der Waals surface area contributed by atoms with E-state index in [-0.39, 0.29) is 5.54 Å². The molecule has 1 rings (SSSR count). The molecule has 0 aliphatic heterocycles. The lowest BCUT2D eigenvalue weighted by molar-refractivity contribution is 0.129. The second kappa shape index (κ2) is 2.01. The minimum Gasteiger partial charge on any atom is -0.324 e. The summed E-state index contributed by atoms with van der Waals surface area (Å²) in [5.74, 6) is 0. The van der Waals surface area contributed by atoms with Crippen LogP contribution in [0.25, 0.3) is 0 Å². The van der Waals surface area contributed by atoms with Gasteiger partial charge in [0.25, 0.3) is 0 Å². The van der Waals surface area contributed by atoms with E-state index >= 15 is 0 Å². The van der Waals surface area contributed by atoms with E-state index in [9.17, 15) is 0 Å². The van der Waals surface area contributed by atoms with E-state index in [1.807, 2.05) is 0 Å². The predicted molar refractivity (Wildman–Crippen MR) is 49.4 cm³/mol. The van der Waals surface area contributed by atoms with Gasteiger partial charge >= 0.3 is 0 Å². The van der Waals surface area contributed by atoms with E-state index in [1.165, 1.54) is 12.8 Å². The molecular formula is C10H21N. The second-order valence-electron chi connectivity index (χ2n) is 5.47. The van der Waals surface area contributed by atoms with E-state index in [0.29, 0.717) is 10.8 Å². The first-order valence-corrected chi connectivity index (χ1v) is 4.50. The van der Waals surface area contributed by atoms with Crippen LogP contribution in [0.3, 0.4) is 0 Å². The third-order valence-corrected chi connectivity index (χ3v) is 4.19. The molecule has 1 aliphatic rings. The summed E-state index contributed by atoms with van der Waals surface area (Å²) < 4.78 is 0. The maximum atomic E-state index is 6.33. The molecule has 0 amide bonds. The van der Waals surface area contributed by atoms with Gasteiger partial charge in [0.05, 0.1) is 0 Å². The molecule has 0 bridgehead atoms. The molecule has 1 saturated carbocycles. The highest BCUT2D eigenvalue weighted by molar-refractivity contribution is 5.09. The van der Waals surface area contributed by atoms with Gasteiger partial charge in [-0.2, -0.15) is 0 Å². The van der Waals surface area contributed by atoms with Crippen LogP contribution >= 0.6 is 0 Å². The van der Waals surface area contributed by atoms with Crippen molar-refractivity contribution in [2.75, 3.05) is 0 Å². The van der Waals surface area contributed by atoms with Crippen LogP contribution in [0, 0.1) is 10.8 Å². The highest BCUT2D eigenvalue weighted by atomic mass is 14.8. The van der Waals surface area contributed by atoms with Crippen LogP contribution < -0.4 is 5.73 Å². The van der Waals surface area contributed by atoms with E-state index in [4.69, 9.17) is 5.73 Å². The molecule has 1 fully saturated rings. The zero-order valence-electron chi connectivity index (χ0n) is 8.49. The molecule has 0 spiro atoms. The van der Waals surface area contributed by atoms with Crippen LogP contribution in [-0.4, -0.2) is 5.54 Å². The predicted octanol–water partition coefficient (Wildman–Crippen LogP) is 2.55. The Hall–Kier alpha value is -0.0400. The normalized spacial score (nSPS) is 32.2. The summed E-state index contributed by atoms with van der Waals surface area (Å²) in [6.45, 7) is 11.3. The first-order valence-electron chi connectivity index (χ1n) is 4.50. The third-order valence-electron chi connectivity index (χ3n) is 4.19. The third kappa shape index (κ3) is 1.01. The average Bonchev–Trinajstić information content (AvgIpc) is 1.93. The van der Waals surface area contributed by atoms with Gasteiger partial charge in [0, 0.05) is 5.54 Å². The van der Waals surface area contributed by atoms with Crippen LogP contribution in [0.2, 0.25) is 0 Å². The van der Waals surface area contributed by atoms with Crippen molar-refractivity contribution in [3.63, 3.8) is 0 Å². The van der Waals surface area contributed by atoms with Gasteiger partial charge in [0.2, 0.25) is 0 Å². The Morgan fingerprint density at radius 1 is 0.818 bits per heavy atom. The fraction of sp³-hybridized carbons (Fsp3) is 1.00. The van der Waals surface area contributed by atoms with Crippen LogP contribution in [0.5, 0.6) is 0 Å². The minimum atomic E-state index is -0.0139. The summed E-state index contributed by atoms with van der Waals surface area (Å²) in [7, 11) is 0. The largest absolute Gasteiger partial charge is 0.324 e. The van der Waals surface area contributed by atoms with Crippen molar-refractivity contribution < 1.29 is 0 Å². The standard InChI is InChI=1S/C10H21N/c1-8(2)6-7-9(3,4)10(8,5)11/h6-7,11H2,1-5H3. The first-order chi connectivity index (χ1) is 4.71. The highest BCUT2D eigenvalue weighted by Gasteiger charge is 2.53. The summed E-state index contributed by atoms with van der Waals surface area (Å²) in [4.78, 5) is 0. The first kappa shape index (κ1) is 9.05. The van der Waals surface area contributed by atoms with E-state index in [0.717, 1.165) is 0 Å². The summed E-state index contributed by atoms with van der Waals surface area (Å²) in [6.07, 6.45) is 2.51. The quantitative estimate of drug-likeness (QED) is 0.571. The molecule has 1 aliphatic carbocycles. The Balaban J connectivity index is 3.00. The maximum absolute atomic E-state index is 6.33. The van der Waals surface area contributed by atoms with Crippen molar-refractivity contribution in [3.05, 3.63) is 0 Å². The van der Waals surface area contributed by atoms with Gasteiger partial charge < -0.3 is 5.73 Å². The van der Waals surface area contributed by atoms with Gasteiger partial charge in [0.1, 0.15) is 0 Å². The van der Waals surface area contributed by atoms with Gasteiger partial charge in [-0.25, -0.2) is 0 Å². The van der Waals surface area contributed by atoms with Crippen molar-refractivity contribution in [2.24, 2.45) is 16.6 Å². The van der Waals surface area contributed by atoms with E-state index in [1.54, 1.807) is 0 Å². The topological polar surface area (TPSA) is 26.0 Å². The zero-order chi connectivity index (χ0) is 8.91. The number of hydrogen-bond donors (Lipinski definition) is 1. The Bertz CT molecular complexity index is 148. The maximum Gasteiger partial charge on any atom is 0.0229 e. The molecule has 0 heterocycles. The lowest BCUT2D eigenvalue weighted by Gasteiger charge is -2.43. The lowest BCUT2D eigenvalue weighted by Crippen LogP contribution is -2.54. The Morgan fingerprint density at radius 3 is 1.18 bits per heavy atom. The van der Waals surface area contributed by atoms with Crippen LogP contribution in [0.4, 0.5) is 0 Å². The van der Waals surface area contributed by atoms with Crippen LogP contribution in [0.15, 0.2) is 0 Å². The van der Waals surface area contributed by atoms with Crippen molar-refractivity contribution in [1.29, 1.82) is 0 Å². The molecular weight excluding hydrogens is 134 g/mol. The molecule has 66 valence electrons. The lowest BCUT2D eigenvalue weighted by atomic mass is 9.67. The number of nitrogens with two attached hydrogens (primary N) is 1. The van der Waals surface area contributed by atoms with Gasteiger partial charge in [-0.1, -0.05) is 27.7 Å². The Labute approximate surface area is 70.4 Å². The zero-order valence-corrected chi connectivity index (χ0v) is 8.49. The van der Waals surface area contributed by atoms with Gasteiger partial charge in [-0.3, -0.25) is 0 Å². The molecule has 0 aromatic rings. The SMILES string of the molecule is CC1(C)CCC(C)(C)C1(C)N. The molecule has 0 atom stereocenters. The van der Waals surface area contributed by atoms with E-state index in [2.05, 4.69) is 34.6 Å². The molecule has 0 aromatic heterocycles. The summed E-state index contributed by atoms with van der Waals surface area (Å²) >= 11 is 0. The minimum absolute atomic E-state index is 0.0139. The molecule has 0 unspecified atom stereocenters. The van der Waals surface area contributed by atoms with Gasteiger partial charge in [0.15, 0.2) is 0 Å². The molecule has 2 N–H and O–H groups in total. The van der Waals surface area contributed by atoms with E-state index < -0.39 is 0 Å². The van der Waals surface area contributed by atoms with Crippen molar-refractivity contribution in [1.82, 2.24) is 0 Å². The fourth-order valence-electron chi connectivity index (χ4n) is 2.06. The molecule has 0 aromatic carbocycles. The molecule has 1 heteroatoms. The van der Waals surface area contributed by atoms with Crippen LogP contribution in [-0.2, 0) is 0 Å². The van der Waals surface area contributed by atoms with Crippen molar-refractivity contribution in [3.8, 4) is 0 Å². The van der Waals surface area contributed by atoms with Gasteiger partial charge in [-0.15, -0.1) is 0 Å². The monoisotopic (exact) mass is 155 g/mol. The Morgan fingerprint density at radius 2 is 1.09 bits per heavy atom.